The summed E-state index contributed by atoms with van der Waals surface area (Å²) in [5, 5.41) is 14.3. The molecule has 0 saturated heterocycles. The van der Waals surface area contributed by atoms with Crippen LogP contribution < -0.4 is 0 Å². The number of aliphatic hydroxyl groups excluding tert-OH is 1. The fourth-order valence-electron chi connectivity index (χ4n) is 2.18. The summed E-state index contributed by atoms with van der Waals surface area (Å²) in [7, 11) is 0. The Morgan fingerprint density at radius 2 is 1.95 bits per heavy atom. The van der Waals surface area contributed by atoms with Crippen LogP contribution in [0.2, 0.25) is 5.02 Å². The van der Waals surface area contributed by atoms with Crippen molar-refractivity contribution in [2.75, 3.05) is 13.2 Å². The first-order valence-electron chi connectivity index (χ1n) is 6.94. The summed E-state index contributed by atoms with van der Waals surface area (Å²) < 4.78 is 7.44. The lowest BCUT2D eigenvalue weighted by Gasteiger charge is -2.23. The zero-order valence-corrected chi connectivity index (χ0v) is 13.3. The molecule has 0 bridgehead atoms. The predicted molar refractivity (Wildman–Crippen MR) is 82.2 cm³/mol. The van der Waals surface area contributed by atoms with Crippen molar-refractivity contribution in [3.05, 3.63) is 35.1 Å². The largest absolute Gasteiger partial charge is 0.394 e. The fourth-order valence-corrected chi connectivity index (χ4v) is 2.31. The maximum Gasteiger partial charge on any atom is 0.181 e. The van der Waals surface area contributed by atoms with E-state index in [-0.39, 0.29) is 6.61 Å². The normalized spacial score (nSPS) is 11.9. The van der Waals surface area contributed by atoms with Gasteiger partial charge in [-0.2, -0.15) is 5.10 Å². The highest BCUT2D eigenvalue weighted by Gasteiger charge is 2.28. The van der Waals surface area contributed by atoms with Gasteiger partial charge in [0, 0.05) is 17.2 Å². The van der Waals surface area contributed by atoms with Gasteiger partial charge in [-0.1, -0.05) is 11.6 Å². The highest BCUT2D eigenvalue weighted by Crippen LogP contribution is 2.26. The summed E-state index contributed by atoms with van der Waals surface area (Å²) in [6, 6.07) is 7.35. The number of benzene rings is 1. The standard InChI is InChI=1S/C15H20ClN3O2/c1-4-21-15(2,3)14-17-13(18-19(14)9-10-20)11-5-7-12(16)8-6-11/h5-8,20H,4,9-10H2,1-3H3. The van der Waals surface area contributed by atoms with Crippen molar-refractivity contribution in [3.8, 4) is 11.4 Å². The van der Waals surface area contributed by atoms with Crippen molar-refractivity contribution in [1.29, 1.82) is 0 Å². The number of rotatable bonds is 6. The van der Waals surface area contributed by atoms with Crippen LogP contribution in [0.5, 0.6) is 0 Å². The summed E-state index contributed by atoms with van der Waals surface area (Å²) in [6.07, 6.45) is 0. The van der Waals surface area contributed by atoms with E-state index < -0.39 is 5.60 Å². The van der Waals surface area contributed by atoms with Gasteiger partial charge in [0.05, 0.1) is 13.2 Å². The van der Waals surface area contributed by atoms with Crippen LogP contribution >= 0.6 is 11.6 Å². The van der Waals surface area contributed by atoms with Crippen LogP contribution in [0, 0.1) is 0 Å². The lowest BCUT2D eigenvalue weighted by atomic mass is 10.1. The van der Waals surface area contributed by atoms with Gasteiger partial charge in [-0.25, -0.2) is 9.67 Å². The quantitative estimate of drug-likeness (QED) is 0.891. The second-order valence-electron chi connectivity index (χ2n) is 5.16. The number of ether oxygens (including phenoxy) is 1. The molecule has 2 aromatic rings. The molecule has 0 aliphatic heterocycles. The molecule has 0 unspecified atom stereocenters. The molecule has 0 aliphatic rings. The average molecular weight is 310 g/mol. The molecule has 1 aromatic carbocycles. The summed E-state index contributed by atoms with van der Waals surface area (Å²) >= 11 is 5.90. The van der Waals surface area contributed by atoms with Gasteiger partial charge in [-0.3, -0.25) is 0 Å². The Kier molecular flexibility index (Phi) is 4.98. The molecule has 1 N–H and O–H groups in total. The first-order chi connectivity index (χ1) is 9.97. The van der Waals surface area contributed by atoms with E-state index >= 15 is 0 Å². The summed E-state index contributed by atoms with van der Waals surface area (Å²) in [5.74, 6) is 1.30. The van der Waals surface area contributed by atoms with Gasteiger partial charge < -0.3 is 9.84 Å². The second kappa shape index (κ2) is 6.56. The average Bonchev–Trinajstić information content (AvgIpc) is 2.85. The van der Waals surface area contributed by atoms with Crippen molar-refractivity contribution >= 4 is 11.6 Å². The third-order valence-corrected chi connectivity index (χ3v) is 3.38. The number of hydrogen-bond acceptors (Lipinski definition) is 4. The van der Waals surface area contributed by atoms with Crippen molar-refractivity contribution in [3.63, 3.8) is 0 Å². The molecule has 0 fully saturated rings. The maximum atomic E-state index is 9.21. The smallest absolute Gasteiger partial charge is 0.181 e. The third kappa shape index (κ3) is 3.61. The topological polar surface area (TPSA) is 60.2 Å². The second-order valence-corrected chi connectivity index (χ2v) is 5.59. The molecular weight excluding hydrogens is 290 g/mol. The van der Waals surface area contributed by atoms with Gasteiger partial charge in [0.25, 0.3) is 0 Å². The van der Waals surface area contributed by atoms with E-state index in [2.05, 4.69) is 10.1 Å². The zero-order chi connectivity index (χ0) is 15.5. The molecule has 114 valence electrons. The molecule has 6 heteroatoms. The Labute approximate surface area is 129 Å². The zero-order valence-electron chi connectivity index (χ0n) is 12.5. The van der Waals surface area contributed by atoms with Crippen LogP contribution in [0.25, 0.3) is 11.4 Å². The Hall–Kier alpha value is -1.43. The van der Waals surface area contributed by atoms with Gasteiger partial charge in [-0.15, -0.1) is 0 Å². The highest BCUT2D eigenvalue weighted by molar-refractivity contribution is 6.30. The molecule has 0 aliphatic carbocycles. The Balaban J connectivity index is 2.43. The molecule has 1 aromatic heterocycles. The van der Waals surface area contributed by atoms with Gasteiger partial charge >= 0.3 is 0 Å². The Morgan fingerprint density at radius 3 is 2.52 bits per heavy atom. The minimum Gasteiger partial charge on any atom is -0.394 e. The SMILES string of the molecule is CCOC(C)(C)c1nc(-c2ccc(Cl)cc2)nn1CCO. The van der Waals surface area contributed by atoms with Crippen molar-refractivity contribution in [2.45, 2.75) is 32.9 Å². The number of aromatic nitrogens is 3. The number of halogens is 1. The van der Waals surface area contributed by atoms with Crippen LogP contribution in [0.1, 0.15) is 26.6 Å². The lowest BCUT2D eigenvalue weighted by molar-refractivity contribution is -0.0244. The highest BCUT2D eigenvalue weighted by atomic mass is 35.5. The van der Waals surface area contributed by atoms with Crippen LogP contribution in [0.4, 0.5) is 0 Å². The van der Waals surface area contributed by atoms with Crippen LogP contribution in [0.3, 0.4) is 0 Å². The third-order valence-electron chi connectivity index (χ3n) is 3.13. The van der Waals surface area contributed by atoms with Gasteiger partial charge in [-0.05, 0) is 45.0 Å². The molecule has 5 nitrogen and oxygen atoms in total. The van der Waals surface area contributed by atoms with Crippen molar-refractivity contribution in [2.24, 2.45) is 0 Å². The van der Waals surface area contributed by atoms with Crippen LogP contribution in [0.15, 0.2) is 24.3 Å². The molecule has 1 heterocycles. The molecule has 21 heavy (non-hydrogen) atoms. The Bertz CT molecular complexity index is 593. The van der Waals surface area contributed by atoms with Crippen molar-refractivity contribution in [1.82, 2.24) is 14.8 Å². The molecule has 0 spiro atoms. The minimum atomic E-state index is -0.568. The number of hydrogen-bond donors (Lipinski definition) is 1. The molecule has 0 radical (unpaired) electrons. The minimum absolute atomic E-state index is 0.00137. The molecule has 0 atom stereocenters. The Morgan fingerprint density at radius 1 is 1.29 bits per heavy atom. The number of nitrogens with zero attached hydrogens (tertiary/aromatic N) is 3. The van der Waals surface area contributed by atoms with Gasteiger partial charge in [0.1, 0.15) is 5.60 Å². The molecule has 0 amide bonds. The van der Waals surface area contributed by atoms with Crippen LogP contribution in [-0.2, 0) is 16.9 Å². The van der Waals surface area contributed by atoms with E-state index in [1.54, 1.807) is 16.8 Å². The first-order valence-corrected chi connectivity index (χ1v) is 7.32. The van der Waals surface area contributed by atoms with E-state index in [0.29, 0.717) is 29.8 Å². The van der Waals surface area contributed by atoms with Crippen molar-refractivity contribution < 1.29 is 9.84 Å². The maximum absolute atomic E-state index is 9.21. The van der Waals surface area contributed by atoms with Gasteiger partial charge in [0.2, 0.25) is 0 Å². The van der Waals surface area contributed by atoms with Crippen LogP contribution in [-0.4, -0.2) is 33.1 Å². The van der Waals surface area contributed by atoms with Gasteiger partial charge in [0.15, 0.2) is 11.6 Å². The van der Waals surface area contributed by atoms with E-state index in [1.807, 2.05) is 32.9 Å². The fraction of sp³-hybridized carbons (Fsp3) is 0.467. The monoisotopic (exact) mass is 309 g/mol. The summed E-state index contributed by atoms with van der Waals surface area (Å²) in [4.78, 5) is 4.59. The summed E-state index contributed by atoms with van der Waals surface area (Å²) in [5.41, 5.74) is 0.311. The first kappa shape index (κ1) is 15.9. The lowest BCUT2D eigenvalue weighted by Crippen LogP contribution is -2.27. The van der Waals surface area contributed by atoms with E-state index in [0.717, 1.165) is 5.56 Å². The van der Waals surface area contributed by atoms with E-state index in [1.165, 1.54) is 0 Å². The number of aliphatic hydroxyl groups is 1. The molecular formula is C15H20ClN3O2. The summed E-state index contributed by atoms with van der Waals surface area (Å²) in [6.45, 7) is 6.79. The molecule has 0 saturated carbocycles. The van der Waals surface area contributed by atoms with E-state index in [4.69, 9.17) is 16.3 Å². The predicted octanol–water partition coefficient (Wildman–Crippen LogP) is 2.86. The molecule has 2 rings (SSSR count). The van der Waals surface area contributed by atoms with E-state index in [9.17, 15) is 5.11 Å².